The van der Waals surface area contributed by atoms with Crippen molar-refractivity contribution in [1.29, 1.82) is 0 Å². The molecule has 4 atom stereocenters. The number of nitrogens with one attached hydrogen (secondary N) is 1. The summed E-state index contributed by atoms with van der Waals surface area (Å²) in [4.78, 5) is 22.9. The Balaban J connectivity index is 2.55. The van der Waals surface area contributed by atoms with E-state index in [4.69, 9.17) is 0 Å². The first-order valence-electron chi connectivity index (χ1n) is 6.48. The molecular weight excluding hydrogens is 218 g/mol. The van der Waals surface area contributed by atoms with Gasteiger partial charge in [0.2, 0.25) is 5.91 Å². The summed E-state index contributed by atoms with van der Waals surface area (Å²) in [6.45, 7) is 5.52. The van der Waals surface area contributed by atoms with Crippen LogP contribution in [0.25, 0.3) is 0 Å². The lowest BCUT2D eigenvalue weighted by Gasteiger charge is -2.23. The van der Waals surface area contributed by atoms with Gasteiger partial charge in [0.05, 0.1) is 12.1 Å². The van der Waals surface area contributed by atoms with E-state index in [2.05, 4.69) is 12.2 Å². The Bertz CT molecular complexity index is 290. The number of carbonyl (C=O) groups is 2. The van der Waals surface area contributed by atoms with Crippen molar-refractivity contribution >= 4 is 11.7 Å². The highest BCUT2D eigenvalue weighted by Crippen LogP contribution is 2.25. The van der Waals surface area contributed by atoms with Crippen LogP contribution in [0.2, 0.25) is 0 Å². The fourth-order valence-corrected chi connectivity index (χ4v) is 2.50. The second kappa shape index (κ2) is 6.15. The molecule has 0 spiro atoms. The molecule has 98 valence electrons. The van der Waals surface area contributed by atoms with Crippen molar-refractivity contribution in [2.45, 2.75) is 58.6 Å². The smallest absolute Gasteiger partial charge is 0.233 e. The molecule has 1 fully saturated rings. The SMILES string of the molecule is CCCCCC(C)C1NC(=O)C(C(C)=O)C1O. The van der Waals surface area contributed by atoms with Crippen molar-refractivity contribution in [2.24, 2.45) is 11.8 Å². The third-order valence-electron chi connectivity index (χ3n) is 3.61. The maximum Gasteiger partial charge on any atom is 0.233 e. The molecule has 1 saturated heterocycles. The zero-order valence-corrected chi connectivity index (χ0v) is 10.9. The molecule has 0 aromatic carbocycles. The predicted molar refractivity (Wildman–Crippen MR) is 65.4 cm³/mol. The van der Waals surface area contributed by atoms with E-state index in [1.165, 1.54) is 6.92 Å². The fourth-order valence-electron chi connectivity index (χ4n) is 2.50. The molecule has 0 aromatic heterocycles. The lowest BCUT2D eigenvalue weighted by molar-refractivity contribution is -0.132. The van der Waals surface area contributed by atoms with Crippen molar-refractivity contribution in [3.63, 3.8) is 0 Å². The number of unbranched alkanes of at least 4 members (excludes halogenated alkanes) is 2. The van der Waals surface area contributed by atoms with Gasteiger partial charge < -0.3 is 10.4 Å². The van der Waals surface area contributed by atoms with Gasteiger partial charge in [-0.05, 0) is 19.3 Å². The molecule has 2 N–H and O–H groups in total. The van der Waals surface area contributed by atoms with Crippen LogP contribution < -0.4 is 5.32 Å². The molecule has 1 heterocycles. The molecule has 17 heavy (non-hydrogen) atoms. The summed E-state index contributed by atoms with van der Waals surface area (Å²) < 4.78 is 0. The van der Waals surface area contributed by atoms with Gasteiger partial charge in [0.15, 0.2) is 0 Å². The van der Waals surface area contributed by atoms with Gasteiger partial charge in [0.25, 0.3) is 0 Å². The third kappa shape index (κ3) is 3.28. The summed E-state index contributed by atoms with van der Waals surface area (Å²) in [5.41, 5.74) is 0. The van der Waals surface area contributed by atoms with E-state index in [-0.39, 0.29) is 23.7 Å². The van der Waals surface area contributed by atoms with Gasteiger partial charge >= 0.3 is 0 Å². The highest BCUT2D eigenvalue weighted by atomic mass is 16.3. The van der Waals surface area contributed by atoms with E-state index in [0.717, 1.165) is 25.7 Å². The van der Waals surface area contributed by atoms with Gasteiger partial charge in [-0.15, -0.1) is 0 Å². The maximum absolute atomic E-state index is 11.6. The quantitative estimate of drug-likeness (QED) is 0.543. The van der Waals surface area contributed by atoms with E-state index in [1.807, 2.05) is 6.92 Å². The first-order valence-corrected chi connectivity index (χ1v) is 6.48. The second-order valence-electron chi connectivity index (χ2n) is 5.09. The number of ketones is 1. The van der Waals surface area contributed by atoms with Crippen molar-refractivity contribution in [1.82, 2.24) is 5.32 Å². The fraction of sp³-hybridized carbons (Fsp3) is 0.846. The molecule has 1 aliphatic heterocycles. The molecule has 4 unspecified atom stereocenters. The number of aliphatic hydroxyl groups is 1. The molecular formula is C13H23NO3. The number of Topliss-reactive ketones (excluding diaryl/α,β-unsaturated/α-hetero) is 1. The highest BCUT2D eigenvalue weighted by molar-refractivity contribution is 6.02. The zero-order chi connectivity index (χ0) is 13.0. The second-order valence-corrected chi connectivity index (χ2v) is 5.09. The molecule has 0 saturated carbocycles. The van der Waals surface area contributed by atoms with Crippen LogP contribution in [0.1, 0.15) is 46.5 Å². The largest absolute Gasteiger partial charge is 0.390 e. The number of hydrogen-bond acceptors (Lipinski definition) is 3. The highest BCUT2D eigenvalue weighted by Gasteiger charge is 2.45. The molecule has 1 aliphatic rings. The Morgan fingerprint density at radius 1 is 1.47 bits per heavy atom. The number of aliphatic hydroxyl groups excluding tert-OH is 1. The Kier molecular flexibility index (Phi) is 5.12. The van der Waals surface area contributed by atoms with Crippen LogP contribution in [0, 0.1) is 11.8 Å². The first kappa shape index (κ1) is 14.2. The minimum Gasteiger partial charge on any atom is -0.390 e. The van der Waals surface area contributed by atoms with Crippen molar-refractivity contribution in [3.8, 4) is 0 Å². The number of rotatable bonds is 6. The minimum absolute atomic E-state index is 0.213. The number of amides is 1. The molecule has 4 nitrogen and oxygen atoms in total. The van der Waals surface area contributed by atoms with E-state index in [0.29, 0.717) is 0 Å². The molecule has 0 radical (unpaired) electrons. The van der Waals surface area contributed by atoms with Crippen LogP contribution in [0.4, 0.5) is 0 Å². The van der Waals surface area contributed by atoms with Crippen LogP contribution in [0.15, 0.2) is 0 Å². The lowest BCUT2D eigenvalue weighted by atomic mass is 9.88. The normalized spacial score (nSPS) is 30.1. The lowest BCUT2D eigenvalue weighted by Crippen LogP contribution is -2.38. The van der Waals surface area contributed by atoms with Crippen LogP contribution >= 0.6 is 0 Å². The van der Waals surface area contributed by atoms with Gasteiger partial charge in [0.1, 0.15) is 11.7 Å². The van der Waals surface area contributed by atoms with Crippen molar-refractivity contribution in [3.05, 3.63) is 0 Å². The summed E-state index contributed by atoms with van der Waals surface area (Å²) >= 11 is 0. The Labute approximate surface area is 103 Å². The minimum atomic E-state index is -0.867. The summed E-state index contributed by atoms with van der Waals surface area (Å²) in [5, 5.41) is 12.8. The molecule has 1 rings (SSSR count). The summed E-state index contributed by atoms with van der Waals surface area (Å²) in [6.07, 6.45) is 3.53. The molecule has 4 heteroatoms. The van der Waals surface area contributed by atoms with Gasteiger partial charge in [-0.2, -0.15) is 0 Å². The van der Waals surface area contributed by atoms with E-state index in [1.54, 1.807) is 0 Å². The molecule has 0 aliphatic carbocycles. The monoisotopic (exact) mass is 241 g/mol. The third-order valence-corrected chi connectivity index (χ3v) is 3.61. The Morgan fingerprint density at radius 2 is 2.12 bits per heavy atom. The van der Waals surface area contributed by atoms with Gasteiger partial charge in [0, 0.05) is 0 Å². The van der Waals surface area contributed by atoms with Crippen molar-refractivity contribution in [2.75, 3.05) is 0 Å². The van der Waals surface area contributed by atoms with Crippen LogP contribution in [-0.4, -0.2) is 28.9 Å². The first-order chi connectivity index (χ1) is 7.99. The van der Waals surface area contributed by atoms with Gasteiger partial charge in [-0.25, -0.2) is 0 Å². The topological polar surface area (TPSA) is 66.4 Å². The van der Waals surface area contributed by atoms with E-state index in [9.17, 15) is 14.7 Å². The average molecular weight is 241 g/mol. The van der Waals surface area contributed by atoms with Crippen molar-refractivity contribution < 1.29 is 14.7 Å². The maximum atomic E-state index is 11.6. The average Bonchev–Trinajstić information content (AvgIpc) is 2.54. The Hall–Kier alpha value is -0.900. The zero-order valence-electron chi connectivity index (χ0n) is 10.9. The van der Waals surface area contributed by atoms with Crippen LogP contribution in [-0.2, 0) is 9.59 Å². The van der Waals surface area contributed by atoms with E-state index >= 15 is 0 Å². The summed E-state index contributed by atoms with van der Waals surface area (Å²) in [6, 6.07) is -0.270. The number of carbonyl (C=O) groups excluding carboxylic acids is 2. The Morgan fingerprint density at radius 3 is 2.59 bits per heavy atom. The van der Waals surface area contributed by atoms with Gasteiger partial charge in [-0.3, -0.25) is 9.59 Å². The van der Waals surface area contributed by atoms with E-state index < -0.39 is 12.0 Å². The molecule has 0 bridgehead atoms. The van der Waals surface area contributed by atoms with Gasteiger partial charge in [-0.1, -0.05) is 33.1 Å². The number of hydrogen-bond donors (Lipinski definition) is 2. The molecule has 0 aromatic rings. The summed E-state index contributed by atoms with van der Waals surface area (Å²) in [7, 11) is 0. The standard InChI is InChI=1S/C13H23NO3/c1-4-5-6-7-8(2)11-12(16)10(9(3)15)13(17)14-11/h8,10-12,16H,4-7H2,1-3H3,(H,14,17). The van der Waals surface area contributed by atoms with Crippen LogP contribution in [0.5, 0.6) is 0 Å². The predicted octanol–water partition coefficient (Wildman–Crippen LogP) is 1.27. The van der Waals surface area contributed by atoms with Crippen LogP contribution in [0.3, 0.4) is 0 Å². The summed E-state index contributed by atoms with van der Waals surface area (Å²) in [5.74, 6) is -1.23. The molecule has 1 amide bonds.